The van der Waals surface area contributed by atoms with Gasteiger partial charge in [-0.2, -0.15) is 0 Å². The summed E-state index contributed by atoms with van der Waals surface area (Å²) in [6, 6.07) is 15.1. The van der Waals surface area contributed by atoms with Gasteiger partial charge in [-0.15, -0.1) is 0 Å². The van der Waals surface area contributed by atoms with Crippen molar-refractivity contribution in [3.05, 3.63) is 82.2 Å². The van der Waals surface area contributed by atoms with Gasteiger partial charge in [-0.25, -0.2) is 4.79 Å². The van der Waals surface area contributed by atoms with Crippen LogP contribution >= 0.6 is 0 Å². The van der Waals surface area contributed by atoms with Gasteiger partial charge in [-0.1, -0.05) is 30.3 Å². The van der Waals surface area contributed by atoms with E-state index in [2.05, 4.69) is 5.32 Å². The van der Waals surface area contributed by atoms with Crippen molar-refractivity contribution in [1.82, 2.24) is 5.32 Å². The van der Waals surface area contributed by atoms with Crippen molar-refractivity contribution in [3.63, 3.8) is 0 Å². The highest BCUT2D eigenvalue weighted by Gasteiger charge is 2.49. The molecule has 0 fully saturated rings. The van der Waals surface area contributed by atoms with E-state index in [0.717, 1.165) is 16.8 Å². The number of nitrogens with one attached hydrogen (secondary N) is 1. The van der Waals surface area contributed by atoms with Gasteiger partial charge in [-0.3, -0.25) is 9.59 Å². The highest BCUT2D eigenvalue weighted by molar-refractivity contribution is 6.13. The minimum atomic E-state index is -1.09. The lowest BCUT2D eigenvalue weighted by Gasteiger charge is -2.39. The number of anilines is 1. The Morgan fingerprint density at radius 3 is 2.28 bits per heavy atom. The molecule has 8 heteroatoms. The number of hydrogen-bond donors (Lipinski definition) is 1. The van der Waals surface area contributed by atoms with Gasteiger partial charge in [0.1, 0.15) is 11.7 Å². The van der Waals surface area contributed by atoms with E-state index in [0.29, 0.717) is 34.7 Å². The number of nitrogens with zero attached hydrogens (tertiary/aromatic N) is 1. The van der Waals surface area contributed by atoms with Crippen molar-refractivity contribution in [2.75, 3.05) is 39.3 Å². The normalized spacial score (nSPS) is 20.7. The number of Topliss-reactive ketones (excluding diaryl/α,β-unsaturated/α-hetero) is 1. The highest BCUT2D eigenvalue weighted by atomic mass is 16.5. The van der Waals surface area contributed by atoms with Crippen molar-refractivity contribution < 1.29 is 28.6 Å². The van der Waals surface area contributed by atoms with Gasteiger partial charge in [0.05, 0.1) is 25.9 Å². The highest BCUT2D eigenvalue weighted by Crippen LogP contribution is 2.49. The largest absolute Gasteiger partial charge is 0.496 e. The first-order valence-electron chi connectivity index (χ1n) is 13.2. The molecule has 0 spiro atoms. The zero-order chi connectivity index (χ0) is 28.3. The van der Waals surface area contributed by atoms with E-state index in [1.807, 2.05) is 74.4 Å². The maximum atomic E-state index is 14.4. The summed E-state index contributed by atoms with van der Waals surface area (Å²) in [7, 11) is 5.46. The van der Waals surface area contributed by atoms with E-state index in [9.17, 15) is 14.4 Å². The molecular formula is C31H36N2O6. The van der Waals surface area contributed by atoms with Crippen LogP contribution in [0.1, 0.15) is 50.2 Å². The molecule has 1 aliphatic heterocycles. The smallest absolute Gasteiger partial charge is 0.336 e. The van der Waals surface area contributed by atoms with Crippen molar-refractivity contribution in [3.8, 4) is 5.75 Å². The van der Waals surface area contributed by atoms with E-state index in [-0.39, 0.29) is 19.0 Å². The monoisotopic (exact) mass is 532 g/mol. The number of rotatable bonds is 8. The molecule has 3 unspecified atom stereocenters. The molecule has 2 aromatic carbocycles. The fourth-order valence-electron chi connectivity index (χ4n) is 5.58. The second-order valence-electron chi connectivity index (χ2n) is 9.84. The van der Waals surface area contributed by atoms with Crippen LogP contribution in [0.5, 0.6) is 5.75 Å². The molecule has 0 amide bonds. The Hall–Kier alpha value is -4.07. The van der Waals surface area contributed by atoms with Crippen molar-refractivity contribution >= 4 is 23.4 Å². The van der Waals surface area contributed by atoms with Crippen molar-refractivity contribution in [2.45, 2.75) is 39.0 Å². The van der Waals surface area contributed by atoms with Crippen LogP contribution in [0.4, 0.5) is 5.69 Å². The van der Waals surface area contributed by atoms with Crippen LogP contribution in [-0.4, -0.2) is 52.1 Å². The van der Waals surface area contributed by atoms with Crippen LogP contribution in [0, 0.1) is 5.92 Å². The Labute approximate surface area is 229 Å². The molecule has 8 nitrogen and oxygen atoms in total. The summed E-state index contributed by atoms with van der Waals surface area (Å²) in [5.74, 6) is -3.15. The summed E-state index contributed by atoms with van der Waals surface area (Å²) < 4.78 is 16.4. The van der Waals surface area contributed by atoms with Crippen LogP contribution in [0.2, 0.25) is 0 Å². The average Bonchev–Trinajstić information content (AvgIpc) is 2.92. The SMILES string of the molecule is CCOC(=O)C1=C(C)NC2=C(C(=O)C(C(=O)OCC)C(c3ccccc3OC)C2)C1c1ccc(N(C)C)cc1. The molecule has 0 saturated carbocycles. The van der Waals surface area contributed by atoms with Gasteiger partial charge in [0, 0.05) is 48.6 Å². The summed E-state index contributed by atoms with van der Waals surface area (Å²) in [5.41, 5.74) is 4.56. The number of carbonyl (C=O) groups is 3. The number of esters is 2. The molecule has 0 radical (unpaired) electrons. The predicted molar refractivity (Wildman–Crippen MR) is 148 cm³/mol. The molecule has 4 rings (SSSR count). The fraction of sp³-hybridized carbons (Fsp3) is 0.387. The van der Waals surface area contributed by atoms with Gasteiger partial charge in [0.2, 0.25) is 0 Å². The van der Waals surface area contributed by atoms with Gasteiger partial charge in [0.25, 0.3) is 0 Å². The summed E-state index contributed by atoms with van der Waals surface area (Å²) >= 11 is 0. The third kappa shape index (κ3) is 5.28. The van der Waals surface area contributed by atoms with Crippen molar-refractivity contribution in [2.24, 2.45) is 5.92 Å². The minimum Gasteiger partial charge on any atom is -0.496 e. The summed E-state index contributed by atoms with van der Waals surface area (Å²) in [6.45, 7) is 5.63. The molecule has 2 aromatic rings. The molecule has 3 atom stereocenters. The quantitative estimate of drug-likeness (QED) is 0.393. The topological polar surface area (TPSA) is 94.2 Å². The molecule has 1 heterocycles. The summed E-state index contributed by atoms with van der Waals surface area (Å²) in [6.07, 6.45) is 0.366. The Kier molecular flexibility index (Phi) is 8.43. The maximum Gasteiger partial charge on any atom is 0.336 e. The summed E-state index contributed by atoms with van der Waals surface area (Å²) in [5, 5.41) is 3.33. The lowest BCUT2D eigenvalue weighted by Crippen LogP contribution is -2.43. The number of benzene rings is 2. The molecule has 39 heavy (non-hydrogen) atoms. The molecule has 0 bridgehead atoms. The standard InChI is InChI=1S/C31H36N2O6/c1-7-38-30(35)25-18(3)32-23-17-22(21-11-9-10-12-24(21)37-6)27(31(36)39-8-2)29(34)28(23)26(25)19-13-15-20(16-14-19)33(4)5/h9-16,22,26-27,32H,7-8,17H2,1-6H3. The fourth-order valence-corrected chi connectivity index (χ4v) is 5.58. The van der Waals surface area contributed by atoms with Gasteiger partial charge in [-0.05, 0) is 56.5 Å². The molecule has 0 aromatic heterocycles. The van der Waals surface area contributed by atoms with Crippen molar-refractivity contribution in [1.29, 1.82) is 0 Å². The molecule has 2 aliphatic rings. The third-order valence-electron chi connectivity index (χ3n) is 7.34. The zero-order valence-electron chi connectivity index (χ0n) is 23.4. The second kappa shape index (κ2) is 11.8. The second-order valence-corrected chi connectivity index (χ2v) is 9.84. The molecule has 0 saturated heterocycles. The number of carbonyl (C=O) groups excluding carboxylic acids is 3. The van der Waals surface area contributed by atoms with Crippen LogP contribution in [0.15, 0.2) is 71.1 Å². The first-order valence-corrected chi connectivity index (χ1v) is 13.2. The van der Waals surface area contributed by atoms with E-state index in [1.165, 1.54) is 0 Å². The van der Waals surface area contributed by atoms with Gasteiger partial charge >= 0.3 is 11.9 Å². The lowest BCUT2D eigenvalue weighted by molar-refractivity contribution is -0.152. The van der Waals surface area contributed by atoms with Crippen LogP contribution in [0.25, 0.3) is 0 Å². The molecule has 1 aliphatic carbocycles. The lowest BCUT2D eigenvalue weighted by atomic mass is 9.67. The van der Waals surface area contributed by atoms with E-state index in [4.69, 9.17) is 14.2 Å². The van der Waals surface area contributed by atoms with Gasteiger partial charge in [0.15, 0.2) is 5.78 Å². The van der Waals surface area contributed by atoms with Gasteiger partial charge < -0.3 is 24.4 Å². The molecular weight excluding hydrogens is 496 g/mol. The van der Waals surface area contributed by atoms with Crippen LogP contribution < -0.4 is 15.0 Å². The first-order chi connectivity index (χ1) is 18.7. The predicted octanol–water partition coefficient (Wildman–Crippen LogP) is 4.48. The Morgan fingerprint density at radius 1 is 1.00 bits per heavy atom. The van der Waals surface area contributed by atoms with E-state index < -0.39 is 29.7 Å². The number of dihydropyridines is 1. The third-order valence-corrected chi connectivity index (χ3v) is 7.34. The maximum absolute atomic E-state index is 14.4. The zero-order valence-corrected chi connectivity index (χ0v) is 23.4. The Morgan fingerprint density at radius 2 is 1.67 bits per heavy atom. The minimum absolute atomic E-state index is 0.147. The number of ketones is 1. The number of allylic oxidation sites excluding steroid dienone is 3. The number of para-hydroxylation sites is 1. The summed E-state index contributed by atoms with van der Waals surface area (Å²) in [4.78, 5) is 43.0. The Bertz CT molecular complexity index is 1320. The molecule has 1 N–H and O–H groups in total. The van der Waals surface area contributed by atoms with E-state index in [1.54, 1.807) is 21.0 Å². The first kappa shape index (κ1) is 28.0. The number of methoxy groups -OCH3 is 1. The number of ether oxygens (including phenoxy) is 3. The van der Waals surface area contributed by atoms with E-state index >= 15 is 0 Å². The average molecular weight is 533 g/mol. The molecule has 206 valence electrons. The number of hydrogen-bond acceptors (Lipinski definition) is 8. The Balaban J connectivity index is 1.91. The van der Waals surface area contributed by atoms with Crippen LogP contribution in [0.3, 0.4) is 0 Å². The van der Waals surface area contributed by atoms with Crippen LogP contribution in [-0.2, 0) is 23.9 Å².